The molecule has 168 valence electrons. The summed E-state index contributed by atoms with van der Waals surface area (Å²) in [5, 5.41) is 13.9. The van der Waals surface area contributed by atoms with Crippen molar-refractivity contribution >= 4 is 36.1 Å². The van der Waals surface area contributed by atoms with E-state index in [1.807, 2.05) is 30.3 Å². The minimum absolute atomic E-state index is 0. The molecule has 0 unspecified atom stereocenters. The molecule has 31 heavy (non-hydrogen) atoms. The molecule has 0 saturated carbocycles. The highest BCUT2D eigenvalue weighted by Gasteiger charge is 2.14. The highest BCUT2D eigenvalue weighted by atomic mass is 35.5. The lowest BCUT2D eigenvalue weighted by atomic mass is 10.1. The van der Waals surface area contributed by atoms with Crippen LogP contribution < -0.4 is 21.1 Å². The quantitative estimate of drug-likeness (QED) is 0.385. The average Bonchev–Trinajstić information content (AvgIpc) is 2.74. The normalized spacial score (nSPS) is 10.9. The van der Waals surface area contributed by atoms with Crippen LogP contribution in [0.5, 0.6) is 5.75 Å². The third kappa shape index (κ3) is 10.3. The van der Waals surface area contributed by atoms with E-state index in [0.29, 0.717) is 30.8 Å². The first-order chi connectivity index (χ1) is 14.4. The van der Waals surface area contributed by atoms with Crippen molar-refractivity contribution in [3.8, 4) is 5.75 Å². The summed E-state index contributed by atoms with van der Waals surface area (Å²) >= 11 is 0. The molecule has 2 aromatic carbocycles. The SMILES string of the molecule is Cl.N[C@@H](CCCNC(=O)OCc1ccccc1)C(=O)Nc1cccc(OCC(=O)O)c1. The number of anilines is 1. The molecule has 0 aromatic heterocycles. The molecule has 0 saturated heterocycles. The number of benzene rings is 2. The van der Waals surface area contributed by atoms with E-state index in [4.69, 9.17) is 20.3 Å². The molecular weight excluding hydrogens is 426 g/mol. The first kappa shape index (κ1) is 25.7. The Labute approximate surface area is 186 Å². The van der Waals surface area contributed by atoms with Crippen molar-refractivity contribution in [2.75, 3.05) is 18.5 Å². The summed E-state index contributed by atoms with van der Waals surface area (Å²) in [5.74, 6) is -1.16. The summed E-state index contributed by atoms with van der Waals surface area (Å²) in [5.41, 5.74) is 7.23. The molecule has 1 atom stereocenters. The standard InChI is InChI=1S/C21H25N3O6.ClH/c22-18(10-5-11-23-21(28)30-13-15-6-2-1-3-7-15)20(27)24-16-8-4-9-17(12-16)29-14-19(25)26;/h1-4,6-9,12,18H,5,10-11,13-14,22H2,(H,23,28)(H,24,27)(H,25,26);1H/t18-;/m0./s1. The maximum absolute atomic E-state index is 12.2. The zero-order chi connectivity index (χ0) is 21.8. The molecule has 2 rings (SSSR count). The van der Waals surface area contributed by atoms with Crippen molar-refractivity contribution in [3.63, 3.8) is 0 Å². The van der Waals surface area contributed by atoms with Crippen LogP contribution in [0.4, 0.5) is 10.5 Å². The van der Waals surface area contributed by atoms with Crippen molar-refractivity contribution < 1.29 is 29.0 Å². The van der Waals surface area contributed by atoms with E-state index in [9.17, 15) is 14.4 Å². The summed E-state index contributed by atoms with van der Waals surface area (Å²) in [4.78, 5) is 34.4. The van der Waals surface area contributed by atoms with Gasteiger partial charge in [0.1, 0.15) is 12.4 Å². The molecule has 0 radical (unpaired) electrons. The van der Waals surface area contributed by atoms with E-state index in [2.05, 4.69) is 10.6 Å². The van der Waals surface area contributed by atoms with E-state index in [-0.39, 0.29) is 19.0 Å². The van der Waals surface area contributed by atoms with E-state index in [1.165, 1.54) is 6.07 Å². The molecule has 5 N–H and O–H groups in total. The first-order valence-corrected chi connectivity index (χ1v) is 9.39. The second-order valence-electron chi connectivity index (χ2n) is 6.44. The molecule has 0 spiro atoms. The lowest BCUT2D eigenvalue weighted by Gasteiger charge is -2.13. The summed E-state index contributed by atoms with van der Waals surface area (Å²) in [6, 6.07) is 14.9. The lowest BCUT2D eigenvalue weighted by molar-refractivity contribution is -0.139. The van der Waals surface area contributed by atoms with E-state index in [1.54, 1.807) is 18.2 Å². The number of alkyl carbamates (subject to hydrolysis) is 1. The molecule has 0 aliphatic carbocycles. The number of carbonyl (C=O) groups excluding carboxylic acids is 2. The first-order valence-electron chi connectivity index (χ1n) is 9.39. The number of nitrogens with one attached hydrogen (secondary N) is 2. The smallest absolute Gasteiger partial charge is 0.407 e. The van der Waals surface area contributed by atoms with Gasteiger partial charge in [0.2, 0.25) is 5.91 Å². The monoisotopic (exact) mass is 451 g/mol. The molecule has 0 heterocycles. The van der Waals surface area contributed by atoms with Crippen LogP contribution in [0.1, 0.15) is 18.4 Å². The molecule has 2 amide bonds. The van der Waals surface area contributed by atoms with Crippen molar-refractivity contribution in [2.24, 2.45) is 5.73 Å². The number of hydrogen-bond donors (Lipinski definition) is 4. The Balaban J connectivity index is 0.00000480. The molecule has 9 nitrogen and oxygen atoms in total. The predicted molar refractivity (Wildman–Crippen MR) is 117 cm³/mol. The minimum Gasteiger partial charge on any atom is -0.482 e. The van der Waals surface area contributed by atoms with E-state index < -0.39 is 30.6 Å². The van der Waals surface area contributed by atoms with Gasteiger partial charge in [-0.05, 0) is 30.5 Å². The topological polar surface area (TPSA) is 140 Å². The number of rotatable bonds is 11. The maximum atomic E-state index is 12.2. The zero-order valence-electron chi connectivity index (χ0n) is 16.8. The maximum Gasteiger partial charge on any atom is 0.407 e. The summed E-state index contributed by atoms with van der Waals surface area (Å²) in [6.07, 6.45) is 0.326. The Kier molecular flexibility index (Phi) is 11.5. The van der Waals surface area contributed by atoms with Gasteiger partial charge in [-0.2, -0.15) is 0 Å². The van der Waals surface area contributed by atoms with Gasteiger partial charge in [0.25, 0.3) is 0 Å². The molecule has 0 aliphatic rings. The van der Waals surface area contributed by atoms with Crippen LogP contribution in [0.25, 0.3) is 0 Å². The number of ether oxygens (including phenoxy) is 2. The van der Waals surface area contributed by atoms with Gasteiger partial charge in [-0.3, -0.25) is 4.79 Å². The van der Waals surface area contributed by atoms with Crippen molar-refractivity contribution in [2.45, 2.75) is 25.5 Å². The van der Waals surface area contributed by atoms with Gasteiger partial charge in [-0.25, -0.2) is 9.59 Å². The van der Waals surface area contributed by atoms with Crippen LogP contribution in [0.3, 0.4) is 0 Å². The van der Waals surface area contributed by atoms with Crippen LogP contribution in [-0.2, 0) is 20.9 Å². The van der Waals surface area contributed by atoms with Crippen LogP contribution >= 0.6 is 12.4 Å². The van der Waals surface area contributed by atoms with Gasteiger partial charge in [-0.1, -0.05) is 36.4 Å². The zero-order valence-corrected chi connectivity index (χ0v) is 17.6. The second kappa shape index (κ2) is 13.8. The summed E-state index contributed by atoms with van der Waals surface area (Å²) in [7, 11) is 0. The number of carbonyl (C=O) groups is 3. The Hall–Kier alpha value is -3.30. The Morgan fingerprint density at radius 1 is 1.06 bits per heavy atom. The number of hydrogen-bond acceptors (Lipinski definition) is 6. The van der Waals surface area contributed by atoms with Gasteiger partial charge in [0.05, 0.1) is 6.04 Å². The summed E-state index contributed by atoms with van der Waals surface area (Å²) < 4.78 is 10.2. The van der Waals surface area contributed by atoms with Gasteiger partial charge in [0, 0.05) is 18.3 Å². The third-order valence-electron chi connectivity index (χ3n) is 3.97. The predicted octanol–water partition coefficient (Wildman–Crippen LogP) is 2.54. The molecule has 0 aliphatic heterocycles. The van der Waals surface area contributed by atoms with Gasteiger partial charge >= 0.3 is 12.1 Å². The van der Waals surface area contributed by atoms with Crippen LogP contribution in [0.2, 0.25) is 0 Å². The lowest BCUT2D eigenvalue weighted by Crippen LogP contribution is -2.36. The second-order valence-corrected chi connectivity index (χ2v) is 6.44. The average molecular weight is 452 g/mol. The molecule has 10 heteroatoms. The number of aliphatic carboxylic acids is 1. The number of carboxylic acid groups (broad SMARTS) is 1. The fourth-order valence-corrected chi connectivity index (χ4v) is 2.46. The van der Waals surface area contributed by atoms with E-state index >= 15 is 0 Å². The van der Waals surface area contributed by atoms with Gasteiger partial charge in [-0.15, -0.1) is 12.4 Å². The largest absolute Gasteiger partial charge is 0.482 e. The Morgan fingerprint density at radius 3 is 2.52 bits per heavy atom. The number of carboxylic acids is 1. The molecule has 0 bridgehead atoms. The molecule has 0 fully saturated rings. The molecular formula is C21H26ClN3O6. The van der Waals surface area contributed by atoms with Crippen LogP contribution in [-0.4, -0.2) is 42.3 Å². The number of halogens is 1. The molecule has 2 aromatic rings. The number of nitrogens with two attached hydrogens (primary N) is 1. The van der Waals surface area contributed by atoms with Crippen LogP contribution in [0, 0.1) is 0 Å². The van der Waals surface area contributed by atoms with Crippen molar-refractivity contribution in [3.05, 3.63) is 60.2 Å². The third-order valence-corrected chi connectivity index (χ3v) is 3.97. The van der Waals surface area contributed by atoms with E-state index in [0.717, 1.165) is 5.56 Å². The van der Waals surface area contributed by atoms with Crippen molar-refractivity contribution in [1.82, 2.24) is 5.32 Å². The van der Waals surface area contributed by atoms with Crippen LogP contribution in [0.15, 0.2) is 54.6 Å². The number of amides is 2. The Morgan fingerprint density at radius 2 is 1.81 bits per heavy atom. The highest BCUT2D eigenvalue weighted by Crippen LogP contribution is 2.17. The van der Waals surface area contributed by atoms with Gasteiger partial charge in [0.15, 0.2) is 6.61 Å². The van der Waals surface area contributed by atoms with Crippen molar-refractivity contribution in [1.29, 1.82) is 0 Å². The Bertz CT molecular complexity index is 850. The fourth-order valence-electron chi connectivity index (χ4n) is 2.46. The minimum atomic E-state index is -1.09. The highest BCUT2D eigenvalue weighted by molar-refractivity contribution is 5.94. The summed E-state index contributed by atoms with van der Waals surface area (Å²) in [6.45, 7) is 0.0364. The fraction of sp³-hybridized carbons (Fsp3) is 0.286. The van der Waals surface area contributed by atoms with Gasteiger partial charge < -0.3 is 30.9 Å².